The molecule has 0 radical (unpaired) electrons. The van der Waals surface area contributed by atoms with Gasteiger partial charge in [0.25, 0.3) is 0 Å². The molecule has 0 saturated heterocycles. The summed E-state index contributed by atoms with van der Waals surface area (Å²) < 4.78 is 0. The zero-order valence-corrected chi connectivity index (χ0v) is 10.8. The molecule has 0 unspecified atom stereocenters. The molecule has 2 aromatic rings. The topological polar surface area (TPSA) is 37.3 Å². The fourth-order valence-electron chi connectivity index (χ4n) is 2.44. The predicted molar refractivity (Wildman–Crippen MR) is 77.4 cm³/mol. The van der Waals surface area contributed by atoms with Gasteiger partial charge >= 0.3 is 0 Å². The van der Waals surface area contributed by atoms with Crippen molar-refractivity contribution in [3.63, 3.8) is 0 Å². The molecule has 0 saturated carbocycles. The number of aliphatic imine (C=N–C) groups is 1. The highest BCUT2D eigenvalue weighted by Gasteiger charge is 2.19. The summed E-state index contributed by atoms with van der Waals surface area (Å²) in [5, 5.41) is 3.35. The fraction of sp³-hybridized carbons (Fsp3) is 0.250. The lowest BCUT2D eigenvalue weighted by Crippen LogP contribution is -2.21. The maximum absolute atomic E-state index is 4.51. The van der Waals surface area contributed by atoms with E-state index in [1.807, 2.05) is 24.4 Å². The molecule has 3 heteroatoms. The van der Waals surface area contributed by atoms with Crippen molar-refractivity contribution < 1.29 is 0 Å². The second-order valence-electron chi connectivity index (χ2n) is 4.68. The summed E-state index contributed by atoms with van der Waals surface area (Å²) in [4.78, 5) is 9.02. The molecule has 19 heavy (non-hydrogen) atoms. The first-order valence-electron chi connectivity index (χ1n) is 6.66. The maximum Gasteiger partial charge on any atom is 0.0974 e. The monoisotopic (exact) mass is 251 g/mol. The molecule has 1 aromatic carbocycles. The van der Waals surface area contributed by atoms with Crippen molar-refractivity contribution in [1.29, 1.82) is 0 Å². The molecule has 3 rings (SSSR count). The van der Waals surface area contributed by atoms with Crippen molar-refractivity contribution >= 4 is 5.84 Å². The number of amidine groups is 1. The summed E-state index contributed by atoms with van der Waals surface area (Å²) in [7, 11) is 0. The van der Waals surface area contributed by atoms with Crippen molar-refractivity contribution in [3.05, 3.63) is 66.0 Å². The van der Waals surface area contributed by atoms with Gasteiger partial charge in [-0.25, -0.2) is 0 Å². The van der Waals surface area contributed by atoms with E-state index in [2.05, 4.69) is 45.6 Å². The third-order valence-electron chi connectivity index (χ3n) is 3.39. The standard InChI is InChI=1S/C16H17N3/c1-2-6-13(7-3-1)14(12-16-18-10-11-19-16)15-8-4-5-9-17-15/h1-9,14H,10-12H2,(H,18,19)/t14-/m1/s1. The lowest BCUT2D eigenvalue weighted by Gasteiger charge is -2.17. The normalized spacial score (nSPS) is 15.7. The minimum atomic E-state index is 0.270. The van der Waals surface area contributed by atoms with E-state index in [1.54, 1.807) is 0 Å². The Bertz CT molecular complexity index is 509. The summed E-state index contributed by atoms with van der Waals surface area (Å²) in [6, 6.07) is 16.6. The molecule has 1 aromatic heterocycles. The summed E-state index contributed by atoms with van der Waals surface area (Å²) >= 11 is 0. The summed E-state index contributed by atoms with van der Waals surface area (Å²) in [6.07, 6.45) is 2.75. The Kier molecular flexibility index (Phi) is 3.54. The summed E-state index contributed by atoms with van der Waals surface area (Å²) in [5.74, 6) is 1.37. The molecule has 0 fully saturated rings. The molecule has 1 N–H and O–H groups in total. The van der Waals surface area contributed by atoms with Crippen molar-refractivity contribution in [2.24, 2.45) is 4.99 Å². The van der Waals surface area contributed by atoms with Crippen LogP contribution in [0, 0.1) is 0 Å². The molecule has 1 atom stereocenters. The van der Waals surface area contributed by atoms with Gasteiger partial charge in [-0.15, -0.1) is 0 Å². The lowest BCUT2D eigenvalue weighted by atomic mass is 9.91. The SMILES string of the molecule is c1ccc([C@@H](CC2=NCCN2)c2ccccn2)cc1. The first-order valence-corrected chi connectivity index (χ1v) is 6.66. The van der Waals surface area contributed by atoms with Crippen molar-refractivity contribution in [2.45, 2.75) is 12.3 Å². The molecule has 0 bridgehead atoms. The third kappa shape index (κ3) is 2.81. The van der Waals surface area contributed by atoms with E-state index < -0.39 is 0 Å². The third-order valence-corrected chi connectivity index (χ3v) is 3.39. The van der Waals surface area contributed by atoms with E-state index in [0.29, 0.717) is 0 Å². The highest BCUT2D eigenvalue weighted by Crippen LogP contribution is 2.26. The fourth-order valence-corrected chi connectivity index (χ4v) is 2.44. The van der Waals surface area contributed by atoms with Crippen LogP contribution in [0.2, 0.25) is 0 Å². The van der Waals surface area contributed by atoms with Gasteiger partial charge in [0.2, 0.25) is 0 Å². The van der Waals surface area contributed by atoms with Crippen LogP contribution in [0.25, 0.3) is 0 Å². The Morgan fingerprint density at radius 2 is 1.89 bits per heavy atom. The molecule has 0 amide bonds. The zero-order valence-electron chi connectivity index (χ0n) is 10.8. The average Bonchev–Trinajstić information content (AvgIpc) is 3.00. The number of hydrogen-bond acceptors (Lipinski definition) is 3. The Morgan fingerprint density at radius 1 is 1.05 bits per heavy atom. The number of aromatic nitrogens is 1. The van der Waals surface area contributed by atoms with Gasteiger partial charge in [-0.1, -0.05) is 36.4 Å². The summed E-state index contributed by atoms with van der Waals surface area (Å²) in [6.45, 7) is 1.85. The zero-order chi connectivity index (χ0) is 12.9. The van der Waals surface area contributed by atoms with Crippen LogP contribution < -0.4 is 5.32 Å². The van der Waals surface area contributed by atoms with E-state index >= 15 is 0 Å². The van der Waals surface area contributed by atoms with Crippen molar-refractivity contribution in [3.8, 4) is 0 Å². The maximum atomic E-state index is 4.51. The Balaban J connectivity index is 1.91. The van der Waals surface area contributed by atoms with Gasteiger partial charge in [0.05, 0.1) is 12.4 Å². The van der Waals surface area contributed by atoms with Gasteiger partial charge in [-0.2, -0.15) is 0 Å². The molecular weight excluding hydrogens is 234 g/mol. The quantitative estimate of drug-likeness (QED) is 0.907. The van der Waals surface area contributed by atoms with Gasteiger partial charge in [0.1, 0.15) is 0 Å². The highest BCUT2D eigenvalue weighted by molar-refractivity contribution is 5.84. The van der Waals surface area contributed by atoms with Crippen LogP contribution in [0.5, 0.6) is 0 Å². The number of hydrogen-bond donors (Lipinski definition) is 1. The molecule has 2 heterocycles. The Morgan fingerprint density at radius 3 is 2.58 bits per heavy atom. The van der Waals surface area contributed by atoms with E-state index in [4.69, 9.17) is 0 Å². The second-order valence-corrected chi connectivity index (χ2v) is 4.68. The van der Waals surface area contributed by atoms with Crippen LogP contribution in [-0.4, -0.2) is 23.9 Å². The second kappa shape index (κ2) is 5.65. The molecule has 1 aliphatic heterocycles. The van der Waals surface area contributed by atoms with Crippen LogP contribution in [0.1, 0.15) is 23.6 Å². The number of rotatable bonds is 4. The molecule has 1 aliphatic rings. The van der Waals surface area contributed by atoms with Crippen LogP contribution in [0.15, 0.2) is 59.7 Å². The van der Waals surface area contributed by atoms with Crippen molar-refractivity contribution in [1.82, 2.24) is 10.3 Å². The average molecular weight is 251 g/mol. The predicted octanol–water partition coefficient (Wildman–Crippen LogP) is 2.61. The van der Waals surface area contributed by atoms with Crippen LogP contribution in [0.4, 0.5) is 0 Å². The molecule has 0 spiro atoms. The van der Waals surface area contributed by atoms with Crippen LogP contribution in [0.3, 0.4) is 0 Å². The minimum absolute atomic E-state index is 0.270. The van der Waals surface area contributed by atoms with Gasteiger partial charge < -0.3 is 5.32 Å². The number of benzene rings is 1. The molecule has 96 valence electrons. The largest absolute Gasteiger partial charge is 0.372 e. The molecular formula is C16H17N3. The smallest absolute Gasteiger partial charge is 0.0974 e. The van der Waals surface area contributed by atoms with E-state index in [0.717, 1.165) is 31.0 Å². The molecule has 3 nitrogen and oxygen atoms in total. The first-order chi connectivity index (χ1) is 9.43. The van der Waals surface area contributed by atoms with Gasteiger partial charge in [-0.3, -0.25) is 9.98 Å². The lowest BCUT2D eigenvalue weighted by molar-refractivity contribution is 0.801. The number of nitrogens with zero attached hydrogens (tertiary/aromatic N) is 2. The van der Waals surface area contributed by atoms with Crippen LogP contribution in [-0.2, 0) is 0 Å². The molecule has 0 aliphatic carbocycles. The highest BCUT2D eigenvalue weighted by atomic mass is 15.1. The van der Waals surface area contributed by atoms with E-state index in [1.165, 1.54) is 5.56 Å². The Hall–Kier alpha value is -2.16. The van der Waals surface area contributed by atoms with E-state index in [-0.39, 0.29) is 5.92 Å². The number of nitrogens with one attached hydrogen (secondary N) is 1. The van der Waals surface area contributed by atoms with Gasteiger partial charge in [0, 0.05) is 30.8 Å². The van der Waals surface area contributed by atoms with E-state index in [9.17, 15) is 0 Å². The van der Waals surface area contributed by atoms with Gasteiger partial charge in [-0.05, 0) is 17.7 Å². The Labute approximate surface area is 113 Å². The van der Waals surface area contributed by atoms with Crippen molar-refractivity contribution in [2.75, 3.05) is 13.1 Å². The summed E-state index contributed by atoms with van der Waals surface area (Å²) in [5.41, 5.74) is 2.39. The van der Waals surface area contributed by atoms with Gasteiger partial charge in [0.15, 0.2) is 0 Å². The number of pyridine rings is 1. The first kappa shape index (κ1) is 11.9. The van der Waals surface area contributed by atoms with Crippen LogP contribution >= 0.6 is 0 Å². The minimum Gasteiger partial charge on any atom is -0.372 e.